The Balaban J connectivity index is 1.40. The number of amides is 1. The van der Waals surface area contributed by atoms with Crippen LogP contribution < -0.4 is 19.7 Å². The van der Waals surface area contributed by atoms with E-state index >= 15 is 0 Å². The maximum absolute atomic E-state index is 13.2. The predicted octanol–water partition coefficient (Wildman–Crippen LogP) is 5.03. The quantitative estimate of drug-likeness (QED) is 0.430. The van der Waals surface area contributed by atoms with Gasteiger partial charge < -0.3 is 19.7 Å². The number of halogens is 2. The Labute approximate surface area is 218 Å². The molecular formula is C26H19Br2N3O4. The minimum Gasteiger partial charge on any atom is -0.484 e. The molecule has 1 amide bonds. The fourth-order valence-electron chi connectivity index (χ4n) is 3.81. The van der Waals surface area contributed by atoms with E-state index in [4.69, 9.17) is 9.47 Å². The number of rotatable bonds is 6. The Morgan fingerprint density at radius 2 is 1.89 bits per heavy atom. The number of hydrogen-bond acceptors (Lipinski definition) is 6. The molecule has 176 valence electrons. The minimum atomic E-state index is -0.574. The van der Waals surface area contributed by atoms with Gasteiger partial charge in [-0.2, -0.15) is 0 Å². The Bertz CT molecular complexity index is 1360. The van der Waals surface area contributed by atoms with Crippen molar-refractivity contribution < 1.29 is 19.1 Å². The molecule has 2 aliphatic heterocycles. The molecule has 2 aromatic carbocycles. The van der Waals surface area contributed by atoms with Crippen molar-refractivity contribution in [1.82, 2.24) is 10.3 Å². The molecule has 5 rings (SSSR count). The molecule has 0 spiro atoms. The van der Waals surface area contributed by atoms with Gasteiger partial charge in [0.05, 0.1) is 22.2 Å². The number of pyridine rings is 1. The summed E-state index contributed by atoms with van der Waals surface area (Å²) in [6.07, 6.45) is 4.66. The molecule has 0 radical (unpaired) electrons. The van der Waals surface area contributed by atoms with Crippen molar-refractivity contribution >= 4 is 49.4 Å². The maximum Gasteiger partial charge on any atom is 0.258 e. The van der Waals surface area contributed by atoms with E-state index in [0.29, 0.717) is 34.2 Å². The van der Waals surface area contributed by atoms with Crippen LogP contribution in [0.1, 0.15) is 10.4 Å². The van der Waals surface area contributed by atoms with Crippen molar-refractivity contribution in [3.8, 4) is 11.5 Å². The second-order valence-corrected chi connectivity index (χ2v) is 9.58. The molecule has 9 heteroatoms. The topological polar surface area (TPSA) is 80.8 Å². The number of fused-ring (bicyclic) bond motifs is 2. The smallest absolute Gasteiger partial charge is 0.258 e. The molecule has 0 aliphatic carbocycles. The van der Waals surface area contributed by atoms with E-state index < -0.39 is 6.10 Å². The average Bonchev–Trinajstić information content (AvgIpc) is 2.87. The second-order valence-electron chi connectivity index (χ2n) is 7.81. The highest BCUT2D eigenvalue weighted by atomic mass is 79.9. The largest absolute Gasteiger partial charge is 0.484 e. The van der Waals surface area contributed by atoms with Crippen LogP contribution >= 0.6 is 31.9 Å². The summed E-state index contributed by atoms with van der Waals surface area (Å²) in [4.78, 5) is 32.0. The van der Waals surface area contributed by atoms with E-state index in [2.05, 4.69) is 42.2 Å². The van der Waals surface area contributed by atoms with E-state index in [-0.39, 0.29) is 24.8 Å². The highest BCUT2D eigenvalue weighted by molar-refractivity contribution is 9.11. The molecular weight excluding hydrogens is 578 g/mol. The lowest BCUT2D eigenvalue weighted by Crippen LogP contribution is -2.40. The summed E-state index contributed by atoms with van der Waals surface area (Å²) in [7, 11) is 0. The first-order valence-electron chi connectivity index (χ1n) is 10.8. The van der Waals surface area contributed by atoms with Gasteiger partial charge in [-0.25, -0.2) is 4.98 Å². The molecule has 0 unspecified atom stereocenters. The van der Waals surface area contributed by atoms with Crippen LogP contribution in [-0.2, 0) is 4.79 Å². The van der Waals surface area contributed by atoms with Gasteiger partial charge in [0.25, 0.3) is 5.91 Å². The summed E-state index contributed by atoms with van der Waals surface area (Å²) in [5.41, 5.74) is 1.71. The van der Waals surface area contributed by atoms with Crippen molar-refractivity contribution in [2.45, 2.75) is 6.10 Å². The van der Waals surface area contributed by atoms with Crippen molar-refractivity contribution in [2.24, 2.45) is 0 Å². The SMILES string of the molecule is O=C(COc1ccccc1)NCC1=C[C@@H]2Oc3ccccc3C(=O)C2=CN1c1ncc(Br)cc1Br. The number of ketones is 1. The van der Waals surface area contributed by atoms with Gasteiger partial charge in [0, 0.05) is 22.6 Å². The number of anilines is 1. The molecule has 7 nitrogen and oxygen atoms in total. The lowest BCUT2D eigenvalue weighted by molar-refractivity contribution is -0.122. The third kappa shape index (κ3) is 5.01. The summed E-state index contributed by atoms with van der Waals surface area (Å²) < 4.78 is 13.2. The van der Waals surface area contributed by atoms with Gasteiger partial charge in [-0.05, 0) is 68.3 Å². The van der Waals surface area contributed by atoms with Gasteiger partial charge in [-0.3, -0.25) is 9.59 Å². The van der Waals surface area contributed by atoms with Gasteiger partial charge in [0.2, 0.25) is 0 Å². The first kappa shape index (κ1) is 23.3. The van der Waals surface area contributed by atoms with Gasteiger partial charge in [0.15, 0.2) is 18.2 Å². The lowest BCUT2D eigenvalue weighted by atomic mass is 9.93. The lowest BCUT2D eigenvalue weighted by Gasteiger charge is -2.34. The molecule has 35 heavy (non-hydrogen) atoms. The normalized spacial score (nSPS) is 16.3. The number of para-hydroxylation sites is 2. The van der Waals surface area contributed by atoms with Gasteiger partial charge in [0.1, 0.15) is 17.6 Å². The highest BCUT2D eigenvalue weighted by Gasteiger charge is 2.35. The Kier molecular flexibility index (Phi) is 6.70. The molecule has 3 aromatic rings. The standard InChI is InChI=1S/C26H19Br2N3O4/c27-16-10-21(28)26(30-12-16)31-14-20-23(35-22-9-5-4-8-19(22)25(20)33)11-17(31)13-29-24(32)15-34-18-6-2-1-3-7-18/h1-12,14,23H,13,15H2,(H,29,32)/t23-/m0/s1. The van der Waals surface area contributed by atoms with E-state index in [0.717, 1.165) is 8.95 Å². The second kappa shape index (κ2) is 10.1. The molecule has 0 saturated heterocycles. The third-order valence-corrected chi connectivity index (χ3v) is 6.49. The number of nitrogens with zero attached hydrogens (tertiary/aromatic N) is 2. The van der Waals surface area contributed by atoms with E-state index in [1.165, 1.54) is 0 Å². The number of Topliss-reactive ketones (excluding diaryl/α,β-unsaturated/α-hetero) is 1. The zero-order valence-electron chi connectivity index (χ0n) is 18.3. The van der Waals surface area contributed by atoms with Crippen molar-refractivity contribution in [3.63, 3.8) is 0 Å². The van der Waals surface area contributed by atoms with Crippen molar-refractivity contribution in [3.05, 3.63) is 105 Å². The predicted molar refractivity (Wildman–Crippen MR) is 138 cm³/mol. The van der Waals surface area contributed by atoms with Crippen LogP contribution in [0.5, 0.6) is 11.5 Å². The van der Waals surface area contributed by atoms with Crippen molar-refractivity contribution in [1.29, 1.82) is 0 Å². The zero-order chi connectivity index (χ0) is 24.4. The fraction of sp³-hybridized carbons (Fsp3) is 0.115. The summed E-state index contributed by atoms with van der Waals surface area (Å²) >= 11 is 6.97. The number of aromatic nitrogens is 1. The van der Waals surface area contributed by atoms with Crippen LogP contribution in [0.15, 0.2) is 99.4 Å². The van der Waals surface area contributed by atoms with Crippen LogP contribution in [0, 0.1) is 0 Å². The number of benzene rings is 2. The van der Waals surface area contributed by atoms with Crippen LogP contribution in [0.4, 0.5) is 5.82 Å². The molecule has 1 atom stereocenters. The van der Waals surface area contributed by atoms with Crippen LogP contribution in [0.2, 0.25) is 0 Å². The molecule has 0 fully saturated rings. The molecule has 2 aliphatic rings. The minimum absolute atomic E-state index is 0.106. The molecule has 1 aromatic heterocycles. The summed E-state index contributed by atoms with van der Waals surface area (Å²) in [6.45, 7) is 0.0606. The maximum atomic E-state index is 13.2. The summed E-state index contributed by atoms with van der Waals surface area (Å²) in [5, 5.41) is 2.88. The monoisotopic (exact) mass is 595 g/mol. The van der Waals surface area contributed by atoms with Crippen LogP contribution in [0.3, 0.4) is 0 Å². The first-order valence-corrected chi connectivity index (χ1v) is 12.4. The molecule has 0 bridgehead atoms. The summed E-state index contributed by atoms with van der Waals surface area (Å²) in [5.74, 6) is 1.34. The number of carbonyl (C=O) groups excluding carboxylic acids is 2. The van der Waals surface area contributed by atoms with Crippen molar-refractivity contribution in [2.75, 3.05) is 18.1 Å². The van der Waals surface area contributed by atoms with Gasteiger partial charge in [-0.15, -0.1) is 0 Å². The number of nitrogens with one attached hydrogen (secondary N) is 1. The van der Waals surface area contributed by atoms with Crippen LogP contribution in [0.25, 0.3) is 0 Å². The highest BCUT2D eigenvalue weighted by Crippen LogP contribution is 2.37. The van der Waals surface area contributed by atoms with Gasteiger partial charge >= 0.3 is 0 Å². The molecule has 1 N–H and O–H groups in total. The Hall–Kier alpha value is -3.43. The first-order chi connectivity index (χ1) is 17.0. The fourth-order valence-corrected chi connectivity index (χ4v) is 4.99. The van der Waals surface area contributed by atoms with Gasteiger partial charge in [-0.1, -0.05) is 30.3 Å². The third-order valence-electron chi connectivity index (χ3n) is 5.47. The van der Waals surface area contributed by atoms with Crippen LogP contribution in [-0.4, -0.2) is 35.9 Å². The van der Waals surface area contributed by atoms with E-state index in [9.17, 15) is 9.59 Å². The molecule has 0 saturated carbocycles. The number of carbonyl (C=O) groups is 2. The van der Waals surface area contributed by atoms with E-state index in [1.807, 2.05) is 42.5 Å². The molecule has 3 heterocycles. The summed E-state index contributed by atoms with van der Waals surface area (Å²) in [6, 6.07) is 18.2. The van der Waals surface area contributed by atoms with E-state index in [1.54, 1.807) is 41.6 Å². The number of hydrogen-bond donors (Lipinski definition) is 1. The Morgan fingerprint density at radius 1 is 1.11 bits per heavy atom. The zero-order valence-corrected chi connectivity index (χ0v) is 21.5. The Morgan fingerprint density at radius 3 is 2.69 bits per heavy atom. The number of ether oxygens (including phenoxy) is 2. The average molecular weight is 597 g/mol.